The standard InChI is InChI=1S/C16H17N5O2/c1-2-7-21-16(22)12-6-4-3-5-11(12)14(19-21)15-18-17-13-10-23-9-8-20(13)15/h3-6H,2,7-10H2,1H3. The van der Waals surface area contributed by atoms with Crippen molar-refractivity contribution in [1.82, 2.24) is 24.5 Å². The van der Waals surface area contributed by atoms with Crippen LogP contribution in [0.15, 0.2) is 29.1 Å². The number of fused-ring (bicyclic) bond motifs is 2. The lowest BCUT2D eigenvalue weighted by Crippen LogP contribution is -2.24. The Kier molecular flexibility index (Phi) is 3.42. The second-order valence-corrected chi connectivity index (χ2v) is 5.57. The van der Waals surface area contributed by atoms with Crippen LogP contribution in [0.25, 0.3) is 22.3 Å². The molecule has 23 heavy (non-hydrogen) atoms. The smallest absolute Gasteiger partial charge is 0.274 e. The summed E-state index contributed by atoms with van der Waals surface area (Å²) in [5.74, 6) is 1.50. The predicted octanol–water partition coefficient (Wildman–Crippen LogP) is 1.60. The quantitative estimate of drug-likeness (QED) is 0.734. The van der Waals surface area contributed by atoms with Gasteiger partial charge in [-0.2, -0.15) is 5.10 Å². The van der Waals surface area contributed by atoms with Crippen LogP contribution in [0.3, 0.4) is 0 Å². The molecule has 0 atom stereocenters. The van der Waals surface area contributed by atoms with E-state index in [0.717, 1.165) is 17.6 Å². The van der Waals surface area contributed by atoms with Gasteiger partial charge in [0.05, 0.1) is 12.0 Å². The van der Waals surface area contributed by atoms with Crippen LogP contribution in [0.5, 0.6) is 0 Å². The minimum Gasteiger partial charge on any atom is -0.372 e. The molecule has 118 valence electrons. The van der Waals surface area contributed by atoms with E-state index >= 15 is 0 Å². The van der Waals surface area contributed by atoms with E-state index in [1.54, 1.807) is 0 Å². The van der Waals surface area contributed by atoms with E-state index in [1.165, 1.54) is 4.68 Å². The number of benzene rings is 1. The van der Waals surface area contributed by atoms with Crippen molar-refractivity contribution in [2.75, 3.05) is 6.61 Å². The molecule has 3 heterocycles. The zero-order valence-corrected chi connectivity index (χ0v) is 12.9. The Hall–Kier alpha value is -2.54. The summed E-state index contributed by atoms with van der Waals surface area (Å²) in [6.07, 6.45) is 0.844. The number of aryl methyl sites for hydroxylation is 1. The average Bonchev–Trinajstić information content (AvgIpc) is 3.02. The Morgan fingerprint density at radius 2 is 2.04 bits per heavy atom. The number of ether oxygens (including phenoxy) is 1. The van der Waals surface area contributed by atoms with E-state index in [4.69, 9.17) is 4.74 Å². The molecule has 0 saturated carbocycles. The highest BCUT2D eigenvalue weighted by atomic mass is 16.5. The molecule has 3 aromatic rings. The summed E-state index contributed by atoms with van der Waals surface area (Å²) in [4.78, 5) is 12.6. The van der Waals surface area contributed by atoms with E-state index in [1.807, 2.05) is 35.8 Å². The first-order chi connectivity index (χ1) is 11.3. The highest BCUT2D eigenvalue weighted by Crippen LogP contribution is 2.25. The number of hydrogen-bond donors (Lipinski definition) is 0. The van der Waals surface area contributed by atoms with Gasteiger partial charge in [-0.3, -0.25) is 4.79 Å². The van der Waals surface area contributed by atoms with Crippen LogP contribution in [0.2, 0.25) is 0 Å². The number of hydrogen-bond acceptors (Lipinski definition) is 5. The van der Waals surface area contributed by atoms with E-state index in [9.17, 15) is 4.79 Å². The van der Waals surface area contributed by atoms with Gasteiger partial charge in [-0.25, -0.2) is 4.68 Å². The second kappa shape index (κ2) is 5.58. The molecular weight excluding hydrogens is 294 g/mol. The number of nitrogens with zero attached hydrogens (tertiary/aromatic N) is 5. The van der Waals surface area contributed by atoms with E-state index in [2.05, 4.69) is 15.3 Å². The lowest BCUT2D eigenvalue weighted by atomic mass is 10.1. The highest BCUT2D eigenvalue weighted by molar-refractivity contribution is 5.92. The third-order valence-corrected chi connectivity index (χ3v) is 4.03. The van der Waals surface area contributed by atoms with Gasteiger partial charge in [0.1, 0.15) is 12.3 Å². The molecule has 4 rings (SSSR count). The first-order valence-corrected chi connectivity index (χ1v) is 7.79. The number of aromatic nitrogens is 5. The molecule has 0 amide bonds. The maximum Gasteiger partial charge on any atom is 0.274 e. The van der Waals surface area contributed by atoms with Crippen molar-refractivity contribution in [2.45, 2.75) is 33.0 Å². The van der Waals surface area contributed by atoms with Gasteiger partial charge in [0, 0.05) is 18.5 Å². The van der Waals surface area contributed by atoms with Crippen molar-refractivity contribution in [3.63, 3.8) is 0 Å². The third-order valence-electron chi connectivity index (χ3n) is 4.03. The molecule has 1 aliphatic heterocycles. The molecule has 2 aromatic heterocycles. The molecule has 7 nitrogen and oxygen atoms in total. The molecule has 7 heteroatoms. The van der Waals surface area contributed by atoms with Crippen molar-refractivity contribution in [1.29, 1.82) is 0 Å². The molecule has 0 unspecified atom stereocenters. The maximum atomic E-state index is 12.6. The van der Waals surface area contributed by atoms with Gasteiger partial charge in [-0.1, -0.05) is 25.1 Å². The van der Waals surface area contributed by atoms with Crippen LogP contribution in [-0.2, 0) is 24.4 Å². The number of rotatable bonds is 3. The molecule has 0 fully saturated rings. The summed E-state index contributed by atoms with van der Waals surface area (Å²) < 4.78 is 8.97. The fraction of sp³-hybridized carbons (Fsp3) is 0.375. The van der Waals surface area contributed by atoms with Gasteiger partial charge in [0.2, 0.25) is 0 Å². The minimum absolute atomic E-state index is 0.0621. The molecule has 0 saturated heterocycles. The predicted molar refractivity (Wildman–Crippen MR) is 85.0 cm³/mol. The monoisotopic (exact) mass is 311 g/mol. The Morgan fingerprint density at radius 3 is 2.87 bits per heavy atom. The molecule has 0 aliphatic carbocycles. The third kappa shape index (κ3) is 2.24. The fourth-order valence-electron chi connectivity index (χ4n) is 2.94. The van der Waals surface area contributed by atoms with Crippen molar-refractivity contribution in [3.05, 3.63) is 40.4 Å². The largest absolute Gasteiger partial charge is 0.372 e. The molecule has 0 spiro atoms. The van der Waals surface area contributed by atoms with E-state index < -0.39 is 0 Å². The summed E-state index contributed by atoms with van der Waals surface area (Å²) in [6.45, 7) is 4.39. The first-order valence-electron chi connectivity index (χ1n) is 7.79. The Morgan fingerprint density at radius 1 is 1.22 bits per heavy atom. The van der Waals surface area contributed by atoms with Crippen LogP contribution in [0.4, 0.5) is 0 Å². The lowest BCUT2D eigenvalue weighted by Gasteiger charge is -2.16. The summed E-state index contributed by atoms with van der Waals surface area (Å²) in [6, 6.07) is 7.53. The summed E-state index contributed by atoms with van der Waals surface area (Å²) in [5, 5.41) is 14.6. The normalized spacial score (nSPS) is 14.1. The minimum atomic E-state index is -0.0621. The van der Waals surface area contributed by atoms with Gasteiger partial charge < -0.3 is 9.30 Å². The molecular formula is C16H17N5O2. The van der Waals surface area contributed by atoms with Gasteiger partial charge in [-0.05, 0) is 12.5 Å². The summed E-state index contributed by atoms with van der Waals surface area (Å²) in [5.41, 5.74) is 0.641. The highest BCUT2D eigenvalue weighted by Gasteiger charge is 2.21. The zero-order valence-electron chi connectivity index (χ0n) is 12.9. The van der Waals surface area contributed by atoms with Crippen LogP contribution in [-0.4, -0.2) is 31.2 Å². The maximum absolute atomic E-state index is 12.6. The van der Waals surface area contributed by atoms with Gasteiger partial charge in [-0.15, -0.1) is 10.2 Å². The van der Waals surface area contributed by atoms with Crippen LogP contribution in [0.1, 0.15) is 19.2 Å². The van der Waals surface area contributed by atoms with Crippen molar-refractivity contribution in [3.8, 4) is 11.5 Å². The fourth-order valence-corrected chi connectivity index (χ4v) is 2.94. The van der Waals surface area contributed by atoms with Crippen molar-refractivity contribution < 1.29 is 4.74 Å². The lowest BCUT2D eigenvalue weighted by molar-refractivity contribution is 0.0820. The SMILES string of the molecule is CCCn1nc(-c2nnc3n2CCOC3)c2ccccc2c1=O. The molecule has 0 bridgehead atoms. The van der Waals surface area contributed by atoms with Crippen molar-refractivity contribution in [2.24, 2.45) is 0 Å². The summed E-state index contributed by atoms with van der Waals surface area (Å²) in [7, 11) is 0. The van der Waals surface area contributed by atoms with Gasteiger partial charge >= 0.3 is 0 Å². The molecule has 1 aliphatic rings. The Labute approximate surface area is 132 Å². The van der Waals surface area contributed by atoms with E-state index in [-0.39, 0.29) is 5.56 Å². The van der Waals surface area contributed by atoms with Crippen LogP contribution < -0.4 is 5.56 Å². The molecule has 0 N–H and O–H groups in total. The van der Waals surface area contributed by atoms with Crippen LogP contribution in [0, 0.1) is 0 Å². The van der Waals surface area contributed by atoms with Gasteiger partial charge in [0.25, 0.3) is 5.56 Å². The average molecular weight is 311 g/mol. The topological polar surface area (TPSA) is 74.8 Å². The zero-order chi connectivity index (χ0) is 15.8. The van der Waals surface area contributed by atoms with Crippen molar-refractivity contribution >= 4 is 10.8 Å². The molecule has 0 radical (unpaired) electrons. The molecule has 1 aromatic carbocycles. The van der Waals surface area contributed by atoms with E-state index in [0.29, 0.717) is 43.2 Å². The summed E-state index contributed by atoms with van der Waals surface area (Å²) >= 11 is 0. The second-order valence-electron chi connectivity index (χ2n) is 5.57. The Bertz CT molecular complexity index is 928. The Balaban J connectivity index is 2.01. The van der Waals surface area contributed by atoms with Gasteiger partial charge in [0.15, 0.2) is 11.6 Å². The van der Waals surface area contributed by atoms with Crippen LogP contribution >= 0.6 is 0 Å². The first kappa shape index (κ1) is 14.1.